The zero-order valence-electron chi connectivity index (χ0n) is 20.6. The lowest BCUT2D eigenvalue weighted by atomic mass is 9.96. The third kappa shape index (κ3) is 4.62. The van der Waals surface area contributed by atoms with Crippen molar-refractivity contribution in [2.45, 2.75) is 39.4 Å². The van der Waals surface area contributed by atoms with Crippen molar-refractivity contribution in [1.82, 2.24) is 14.9 Å². The molecule has 1 aliphatic rings. The van der Waals surface area contributed by atoms with Crippen molar-refractivity contribution in [2.24, 2.45) is 0 Å². The van der Waals surface area contributed by atoms with Crippen LogP contribution in [0.3, 0.4) is 0 Å². The fourth-order valence-corrected chi connectivity index (χ4v) is 5.34. The third-order valence-corrected chi connectivity index (χ3v) is 6.99. The fraction of sp³-hybridized carbons (Fsp3) is 0.207. The molecule has 1 saturated heterocycles. The number of thiocarbonyl (C=S) groups is 1. The molecule has 7 heteroatoms. The van der Waals surface area contributed by atoms with Crippen LogP contribution in [0.25, 0.3) is 0 Å². The standard InChI is InChI=1S/C29H29N5OS/c1-19-17-25(20(2)33(19)18-22-9-5-4-6-10-22)28-27(26-11-7-8-16-30-26)32-29(36)34(28)24-14-12-23(13-15-24)31-21(3)35/h4-17,27-28H,18H2,1-3H3,(H,31,35)(H,32,36). The van der Waals surface area contributed by atoms with Crippen LogP contribution >= 0.6 is 12.2 Å². The Morgan fingerprint density at radius 1 is 1.03 bits per heavy atom. The number of nitrogens with zero attached hydrogens (tertiary/aromatic N) is 3. The van der Waals surface area contributed by atoms with E-state index in [1.165, 1.54) is 29.4 Å². The number of nitrogens with one attached hydrogen (secondary N) is 2. The Morgan fingerprint density at radius 2 is 1.75 bits per heavy atom. The minimum absolute atomic E-state index is 0.0882. The van der Waals surface area contributed by atoms with Crippen LogP contribution in [0.1, 0.15) is 47.2 Å². The summed E-state index contributed by atoms with van der Waals surface area (Å²) in [5.74, 6) is -0.0972. The van der Waals surface area contributed by atoms with Crippen LogP contribution in [-0.2, 0) is 11.3 Å². The number of rotatable bonds is 6. The quantitative estimate of drug-likeness (QED) is 0.337. The topological polar surface area (TPSA) is 62.2 Å². The molecule has 2 atom stereocenters. The van der Waals surface area contributed by atoms with Gasteiger partial charge in [-0.2, -0.15) is 0 Å². The maximum atomic E-state index is 11.5. The summed E-state index contributed by atoms with van der Waals surface area (Å²) in [7, 11) is 0. The zero-order chi connectivity index (χ0) is 25.2. The molecule has 4 aromatic rings. The zero-order valence-corrected chi connectivity index (χ0v) is 21.4. The minimum atomic E-state index is -0.112. The first-order valence-corrected chi connectivity index (χ1v) is 12.4. The lowest BCUT2D eigenvalue weighted by Gasteiger charge is -2.28. The second-order valence-corrected chi connectivity index (χ2v) is 9.51. The number of hydrogen-bond donors (Lipinski definition) is 2. The van der Waals surface area contributed by atoms with Gasteiger partial charge in [0.25, 0.3) is 0 Å². The van der Waals surface area contributed by atoms with E-state index in [0.717, 1.165) is 23.6 Å². The molecule has 1 aliphatic heterocycles. The molecule has 2 unspecified atom stereocenters. The molecule has 6 nitrogen and oxygen atoms in total. The molecule has 1 fully saturated rings. The highest BCUT2D eigenvalue weighted by Crippen LogP contribution is 2.43. The third-order valence-electron chi connectivity index (χ3n) is 6.68. The van der Waals surface area contributed by atoms with E-state index >= 15 is 0 Å². The Balaban J connectivity index is 1.58. The Labute approximate surface area is 217 Å². The number of aromatic nitrogens is 2. The van der Waals surface area contributed by atoms with Gasteiger partial charge in [0.05, 0.1) is 17.8 Å². The summed E-state index contributed by atoms with van der Waals surface area (Å²) in [6, 6.07) is 26.4. The Bertz CT molecular complexity index is 1380. The molecule has 2 N–H and O–H groups in total. The Hall–Kier alpha value is -3.97. The highest BCUT2D eigenvalue weighted by atomic mass is 32.1. The van der Waals surface area contributed by atoms with Gasteiger partial charge in [0.1, 0.15) is 0 Å². The molecule has 5 rings (SSSR count). The van der Waals surface area contributed by atoms with Crippen LogP contribution < -0.4 is 15.5 Å². The van der Waals surface area contributed by atoms with E-state index in [9.17, 15) is 4.79 Å². The molecule has 182 valence electrons. The molecule has 0 radical (unpaired) electrons. The number of anilines is 2. The van der Waals surface area contributed by atoms with Crippen LogP contribution in [0.2, 0.25) is 0 Å². The average molecular weight is 496 g/mol. The van der Waals surface area contributed by atoms with E-state index in [1.807, 2.05) is 54.7 Å². The Morgan fingerprint density at radius 3 is 2.42 bits per heavy atom. The highest BCUT2D eigenvalue weighted by Gasteiger charge is 2.42. The highest BCUT2D eigenvalue weighted by molar-refractivity contribution is 7.80. The smallest absolute Gasteiger partial charge is 0.221 e. The molecule has 0 bridgehead atoms. The number of hydrogen-bond acceptors (Lipinski definition) is 3. The summed E-state index contributed by atoms with van der Waals surface area (Å²) in [6.45, 7) is 6.65. The summed E-state index contributed by atoms with van der Waals surface area (Å²) < 4.78 is 2.36. The van der Waals surface area contributed by atoms with Crippen LogP contribution in [0.4, 0.5) is 11.4 Å². The summed E-state index contributed by atoms with van der Waals surface area (Å²) in [5, 5.41) is 7.02. The summed E-state index contributed by atoms with van der Waals surface area (Å²) in [5.41, 5.74) is 7.52. The second kappa shape index (κ2) is 9.95. The van der Waals surface area contributed by atoms with Crippen LogP contribution in [0.5, 0.6) is 0 Å². The van der Waals surface area contributed by atoms with E-state index in [4.69, 9.17) is 12.2 Å². The van der Waals surface area contributed by atoms with Gasteiger partial charge in [0, 0.05) is 42.4 Å². The largest absolute Gasteiger partial charge is 0.351 e. The monoisotopic (exact) mass is 495 g/mol. The molecule has 0 saturated carbocycles. The number of pyridine rings is 1. The molecule has 1 amide bonds. The van der Waals surface area contributed by atoms with Crippen LogP contribution in [-0.4, -0.2) is 20.6 Å². The number of carbonyl (C=O) groups excluding carboxylic acids is 1. The molecule has 3 heterocycles. The van der Waals surface area contributed by atoms with Crippen molar-refractivity contribution in [3.63, 3.8) is 0 Å². The lowest BCUT2D eigenvalue weighted by molar-refractivity contribution is -0.114. The van der Waals surface area contributed by atoms with E-state index in [-0.39, 0.29) is 18.0 Å². The van der Waals surface area contributed by atoms with Gasteiger partial charge in [-0.1, -0.05) is 36.4 Å². The summed E-state index contributed by atoms with van der Waals surface area (Å²) >= 11 is 5.88. The number of carbonyl (C=O) groups is 1. The summed E-state index contributed by atoms with van der Waals surface area (Å²) in [4.78, 5) is 18.3. The van der Waals surface area contributed by atoms with Crippen molar-refractivity contribution in [3.05, 3.63) is 113 Å². The van der Waals surface area contributed by atoms with Gasteiger partial charge in [-0.3, -0.25) is 9.78 Å². The number of benzene rings is 2. The molecular formula is C29H29N5OS. The first-order valence-electron chi connectivity index (χ1n) is 12.0. The van der Waals surface area contributed by atoms with E-state index in [0.29, 0.717) is 5.11 Å². The Kier molecular flexibility index (Phi) is 6.57. The van der Waals surface area contributed by atoms with Crippen LogP contribution in [0, 0.1) is 13.8 Å². The average Bonchev–Trinajstić information content (AvgIpc) is 3.36. The SMILES string of the molecule is CC(=O)Nc1ccc(N2C(=S)NC(c3ccccn3)C2c2cc(C)n(Cc3ccccc3)c2C)cc1. The van der Waals surface area contributed by atoms with Gasteiger partial charge in [-0.05, 0) is 79.7 Å². The maximum absolute atomic E-state index is 11.5. The van der Waals surface area contributed by atoms with Gasteiger partial charge < -0.3 is 20.1 Å². The molecule has 2 aromatic carbocycles. The van der Waals surface area contributed by atoms with Crippen molar-refractivity contribution in [2.75, 3.05) is 10.2 Å². The maximum Gasteiger partial charge on any atom is 0.221 e. The predicted molar refractivity (Wildman–Crippen MR) is 148 cm³/mol. The van der Waals surface area contributed by atoms with Gasteiger partial charge in [-0.15, -0.1) is 0 Å². The second-order valence-electron chi connectivity index (χ2n) is 9.12. The molecule has 0 aliphatic carbocycles. The molecule has 36 heavy (non-hydrogen) atoms. The van der Waals surface area contributed by atoms with Gasteiger partial charge in [-0.25, -0.2) is 0 Å². The number of aryl methyl sites for hydroxylation is 1. The summed E-state index contributed by atoms with van der Waals surface area (Å²) in [6.07, 6.45) is 1.82. The van der Waals surface area contributed by atoms with Crippen molar-refractivity contribution >= 4 is 34.6 Å². The van der Waals surface area contributed by atoms with Gasteiger partial charge in [0.15, 0.2) is 5.11 Å². The van der Waals surface area contributed by atoms with E-state index in [1.54, 1.807) is 0 Å². The fourth-order valence-electron chi connectivity index (χ4n) is 4.99. The van der Waals surface area contributed by atoms with E-state index in [2.05, 4.69) is 69.3 Å². The van der Waals surface area contributed by atoms with Gasteiger partial charge >= 0.3 is 0 Å². The van der Waals surface area contributed by atoms with Crippen LogP contribution in [0.15, 0.2) is 85.1 Å². The first kappa shape index (κ1) is 23.8. The molecule has 0 spiro atoms. The van der Waals surface area contributed by atoms with E-state index < -0.39 is 0 Å². The van der Waals surface area contributed by atoms with Gasteiger partial charge in [0.2, 0.25) is 5.91 Å². The minimum Gasteiger partial charge on any atom is -0.351 e. The molecular weight excluding hydrogens is 466 g/mol. The predicted octanol–water partition coefficient (Wildman–Crippen LogP) is 5.68. The van der Waals surface area contributed by atoms with Crippen molar-refractivity contribution < 1.29 is 4.79 Å². The normalized spacial score (nSPS) is 17.2. The van der Waals surface area contributed by atoms with Crippen molar-refractivity contribution in [1.29, 1.82) is 0 Å². The first-order chi connectivity index (χ1) is 17.4. The van der Waals surface area contributed by atoms with Crippen molar-refractivity contribution in [3.8, 4) is 0 Å². The lowest BCUT2D eigenvalue weighted by Crippen LogP contribution is -2.29. The number of amides is 1. The molecule has 2 aromatic heterocycles.